The van der Waals surface area contributed by atoms with Gasteiger partial charge in [-0.1, -0.05) is 6.42 Å². The van der Waals surface area contributed by atoms with Gasteiger partial charge in [-0.15, -0.1) is 10.2 Å². The highest BCUT2D eigenvalue weighted by molar-refractivity contribution is 5.79. The van der Waals surface area contributed by atoms with Gasteiger partial charge in [-0.25, -0.2) is 0 Å². The van der Waals surface area contributed by atoms with E-state index >= 15 is 0 Å². The van der Waals surface area contributed by atoms with Gasteiger partial charge in [-0.3, -0.25) is 4.99 Å². The van der Waals surface area contributed by atoms with Crippen molar-refractivity contribution in [2.45, 2.75) is 45.2 Å². The fourth-order valence-corrected chi connectivity index (χ4v) is 3.42. The summed E-state index contributed by atoms with van der Waals surface area (Å²) in [5, 5.41) is 15.4. The van der Waals surface area contributed by atoms with Gasteiger partial charge in [0.25, 0.3) is 0 Å². The maximum atomic E-state index is 5.45. The summed E-state index contributed by atoms with van der Waals surface area (Å²) in [5.41, 5.74) is 1.04. The molecule has 0 amide bonds. The van der Waals surface area contributed by atoms with Gasteiger partial charge in [0.1, 0.15) is 23.1 Å². The number of guanidine groups is 1. The first-order valence-electron chi connectivity index (χ1n) is 9.81. The Labute approximate surface area is 166 Å². The molecule has 0 radical (unpaired) electrons. The highest BCUT2D eigenvalue weighted by Crippen LogP contribution is 2.24. The van der Waals surface area contributed by atoms with E-state index in [1.165, 1.54) is 19.3 Å². The number of aryl methyl sites for hydroxylation is 1. The number of methoxy groups -OCH3 is 2. The first-order chi connectivity index (χ1) is 13.7. The molecular weight excluding hydrogens is 356 g/mol. The van der Waals surface area contributed by atoms with Crippen LogP contribution in [0.2, 0.25) is 0 Å². The second-order valence-corrected chi connectivity index (χ2v) is 6.78. The van der Waals surface area contributed by atoms with E-state index < -0.39 is 0 Å². The van der Waals surface area contributed by atoms with E-state index in [2.05, 4.69) is 30.4 Å². The van der Waals surface area contributed by atoms with Crippen molar-refractivity contribution in [3.05, 3.63) is 35.4 Å². The normalized spacial score (nSPS) is 14.2. The monoisotopic (exact) mass is 386 g/mol. The SMILES string of the molecule is CN=C(NCCc1nnc2n1CCCCC2)NCc1ccc(OC)cc1OC. The van der Waals surface area contributed by atoms with E-state index in [1.54, 1.807) is 21.3 Å². The van der Waals surface area contributed by atoms with Gasteiger partial charge in [-0.05, 0) is 25.0 Å². The quantitative estimate of drug-likeness (QED) is 0.559. The zero-order chi connectivity index (χ0) is 19.8. The molecule has 1 aliphatic heterocycles. The molecule has 0 spiro atoms. The number of aromatic nitrogens is 3. The molecule has 2 aromatic rings. The Morgan fingerprint density at radius 2 is 2.04 bits per heavy atom. The molecule has 2 N–H and O–H groups in total. The minimum atomic E-state index is 0.604. The largest absolute Gasteiger partial charge is 0.497 e. The Bertz CT molecular complexity index is 802. The lowest BCUT2D eigenvalue weighted by molar-refractivity contribution is 0.390. The predicted octanol–water partition coefficient (Wildman–Crippen LogP) is 1.93. The van der Waals surface area contributed by atoms with Gasteiger partial charge in [0.05, 0.1) is 14.2 Å². The van der Waals surface area contributed by atoms with Crippen LogP contribution in [0, 0.1) is 0 Å². The molecule has 0 unspecified atom stereocenters. The summed E-state index contributed by atoms with van der Waals surface area (Å²) < 4.78 is 13.0. The number of hydrogen-bond acceptors (Lipinski definition) is 5. The van der Waals surface area contributed by atoms with Gasteiger partial charge in [0.2, 0.25) is 0 Å². The van der Waals surface area contributed by atoms with E-state index in [-0.39, 0.29) is 0 Å². The molecule has 0 bridgehead atoms. The summed E-state index contributed by atoms with van der Waals surface area (Å²) >= 11 is 0. The summed E-state index contributed by atoms with van der Waals surface area (Å²) in [6, 6.07) is 5.79. The van der Waals surface area contributed by atoms with Crippen LogP contribution in [0.25, 0.3) is 0 Å². The first kappa shape index (κ1) is 20.0. The molecule has 0 atom stereocenters. The fourth-order valence-electron chi connectivity index (χ4n) is 3.42. The summed E-state index contributed by atoms with van der Waals surface area (Å²) in [4.78, 5) is 4.30. The van der Waals surface area contributed by atoms with Gasteiger partial charge in [0.15, 0.2) is 5.96 Å². The van der Waals surface area contributed by atoms with Gasteiger partial charge >= 0.3 is 0 Å². The molecule has 3 rings (SSSR count). The Balaban J connectivity index is 1.51. The molecule has 1 aromatic heterocycles. The molecular formula is C20H30N6O2. The number of hydrogen-bond donors (Lipinski definition) is 2. The first-order valence-corrected chi connectivity index (χ1v) is 9.81. The summed E-state index contributed by atoms with van der Waals surface area (Å²) in [6.45, 7) is 2.38. The van der Waals surface area contributed by atoms with Crippen LogP contribution in [-0.2, 0) is 25.9 Å². The van der Waals surface area contributed by atoms with Crippen molar-refractivity contribution in [3.63, 3.8) is 0 Å². The Morgan fingerprint density at radius 3 is 2.82 bits per heavy atom. The van der Waals surface area contributed by atoms with E-state index in [0.717, 1.165) is 60.6 Å². The van der Waals surface area contributed by atoms with E-state index in [0.29, 0.717) is 6.54 Å². The maximum Gasteiger partial charge on any atom is 0.191 e. The van der Waals surface area contributed by atoms with E-state index in [1.807, 2.05) is 18.2 Å². The smallest absolute Gasteiger partial charge is 0.191 e. The lowest BCUT2D eigenvalue weighted by Crippen LogP contribution is -2.38. The molecule has 2 heterocycles. The highest BCUT2D eigenvalue weighted by Gasteiger charge is 2.14. The molecule has 0 saturated heterocycles. The lowest BCUT2D eigenvalue weighted by atomic mass is 10.2. The number of aliphatic imine (C=N–C) groups is 1. The fraction of sp³-hybridized carbons (Fsp3) is 0.550. The van der Waals surface area contributed by atoms with Crippen LogP contribution in [0.5, 0.6) is 11.5 Å². The second kappa shape index (κ2) is 9.96. The Hall–Kier alpha value is -2.77. The van der Waals surface area contributed by atoms with Crippen molar-refractivity contribution in [1.82, 2.24) is 25.4 Å². The molecule has 1 aliphatic rings. The molecule has 0 saturated carbocycles. The number of nitrogens with zero attached hydrogens (tertiary/aromatic N) is 4. The van der Waals surface area contributed by atoms with Crippen LogP contribution in [0.15, 0.2) is 23.2 Å². The molecule has 0 aliphatic carbocycles. The number of fused-ring (bicyclic) bond motifs is 1. The van der Waals surface area contributed by atoms with Gasteiger partial charge in [-0.2, -0.15) is 0 Å². The number of ether oxygens (including phenoxy) is 2. The standard InChI is InChI=1S/C20H30N6O2/c1-21-20(23-14-15-8-9-16(27-2)13-17(15)28-3)22-11-10-19-25-24-18-7-5-4-6-12-26(18)19/h8-9,13H,4-7,10-12,14H2,1-3H3,(H2,21,22,23). The average Bonchev–Trinajstić information content (AvgIpc) is 2.96. The van der Waals surface area contributed by atoms with Crippen LogP contribution in [0.3, 0.4) is 0 Å². The molecule has 1 aromatic carbocycles. The van der Waals surface area contributed by atoms with Crippen LogP contribution in [0.4, 0.5) is 0 Å². The number of rotatable bonds is 7. The summed E-state index contributed by atoms with van der Waals surface area (Å²) in [5.74, 6) is 4.48. The van der Waals surface area contributed by atoms with Crippen molar-refractivity contribution in [2.75, 3.05) is 27.8 Å². The lowest BCUT2D eigenvalue weighted by Gasteiger charge is -2.14. The van der Waals surface area contributed by atoms with Crippen molar-refractivity contribution in [2.24, 2.45) is 4.99 Å². The van der Waals surface area contributed by atoms with Crippen LogP contribution >= 0.6 is 0 Å². The number of benzene rings is 1. The average molecular weight is 387 g/mol. The van der Waals surface area contributed by atoms with Crippen molar-refractivity contribution >= 4 is 5.96 Å². The highest BCUT2D eigenvalue weighted by atomic mass is 16.5. The third-order valence-corrected chi connectivity index (χ3v) is 4.99. The van der Waals surface area contributed by atoms with Crippen LogP contribution in [-0.4, -0.2) is 48.5 Å². The topological polar surface area (TPSA) is 85.6 Å². The molecule has 28 heavy (non-hydrogen) atoms. The van der Waals surface area contributed by atoms with Crippen molar-refractivity contribution in [1.29, 1.82) is 0 Å². The predicted molar refractivity (Wildman–Crippen MR) is 109 cm³/mol. The van der Waals surface area contributed by atoms with Crippen molar-refractivity contribution < 1.29 is 9.47 Å². The second-order valence-electron chi connectivity index (χ2n) is 6.78. The Morgan fingerprint density at radius 1 is 1.14 bits per heavy atom. The van der Waals surface area contributed by atoms with Gasteiger partial charge < -0.3 is 24.7 Å². The minimum Gasteiger partial charge on any atom is -0.497 e. The third-order valence-electron chi connectivity index (χ3n) is 4.99. The third kappa shape index (κ3) is 4.94. The zero-order valence-electron chi connectivity index (χ0n) is 17.0. The Kier molecular flexibility index (Phi) is 7.11. The maximum absolute atomic E-state index is 5.45. The van der Waals surface area contributed by atoms with Crippen LogP contribution in [0.1, 0.15) is 36.5 Å². The summed E-state index contributed by atoms with van der Waals surface area (Å²) in [6.07, 6.45) is 5.54. The van der Waals surface area contributed by atoms with E-state index in [4.69, 9.17) is 9.47 Å². The number of nitrogens with one attached hydrogen (secondary N) is 2. The molecule has 0 fully saturated rings. The van der Waals surface area contributed by atoms with E-state index in [9.17, 15) is 0 Å². The minimum absolute atomic E-state index is 0.604. The summed E-state index contributed by atoms with van der Waals surface area (Å²) in [7, 11) is 5.07. The molecule has 152 valence electrons. The van der Waals surface area contributed by atoms with Crippen molar-refractivity contribution in [3.8, 4) is 11.5 Å². The zero-order valence-corrected chi connectivity index (χ0v) is 17.0. The van der Waals surface area contributed by atoms with Crippen LogP contribution < -0.4 is 20.1 Å². The van der Waals surface area contributed by atoms with Gasteiger partial charge in [0, 0.05) is 51.2 Å². The molecule has 8 heteroatoms. The molecule has 8 nitrogen and oxygen atoms in total.